The lowest BCUT2D eigenvalue weighted by Crippen LogP contribution is -2.20. The average molecular weight is 371 g/mol. The molecule has 6 heteroatoms. The molecule has 1 N–H and O–H groups in total. The van der Waals surface area contributed by atoms with Crippen molar-refractivity contribution in [1.29, 1.82) is 0 Å². The summed E-state index contributed by atoms with van der Waals surface area (Å²) >= 11 is 0. The first kappa shape index (κ1) is 17.7. The normalized spacial score (nSPS) is 11.4. The summed E-state index contributed by atoms with van der Waals surface area (Å²) in [5.74, 6) is -0.288. The van der Waals surface area contributed by atoms with E-state index in [9.17, 15) is 4.79 Å². The minimum atomic E-state index is -0.288. The van der Waals surface area contributed by atoms with Crippen LogP contribution in [0.2, 0.25) is 0 Å². The van der Waals surface area contributed by atoms with Crippen LogP contribution in [0.3, 0.4) is 0 Å². The van der Waals surface area contributed by atoms with Gasteiger partial charge in [0.2, 0.25) is 0 Å². The van der Waals surface area contributed by atoms with Gasteiger partial charge in [-0.25, -0.2) is 10.4 Å². The molecule has 4 rings (SSSR count). The number of carbonyl (C=O) groups excluding carboxylic acids is 1. The molecule has 4 aromatic rings. The van der Waals surface area contributed by atoms with Gasteiger partial charge in [-0.05, 0) is 51.1 Å². The summed E-state index contributed by atoms with van der Waals surface area (Å²) in [7, 11) is 0. The monoisotopic (exact) mass is 371 g/mol. The van der Waals surface area contributed by atoms with E-state index in [2.05, 4.69) is 45.2 Å². The van der Waals surface area contributed by atoms with E-state index in [0.29, 0.717) is 11.4 Å². The summed E-state index contributed by atoms with van der Waals surface area (Å²) in [6.45, 7) is 5.91. The number of rotatable bonds is 4. The van der Waals surface area contributed by atoms with Crippen molar-refractivity contribution < 1.29 is 4.79 Å². The summed E-state index contributed by atoms with van der Waals surface area (Å²) in [6, 6.07) is 17.8. The number of hydrogen-bond donors (Lipinski definition) is 1. The number of amides is 1. The topological polar surface area (TPSA) is 63.7 Å². The van der Waals surface area contributed by atoms with E-state index in [4.69, 9.17) is 0 Å². The highest BCUT2D eigenvalue weighted by atomic mass is 16.2. The predicted molar refractivity (Wildman–Crippen MR) is 110 cm³/mol. The Bertz CT molecular complexity index is 1180. The fourth-order valence-corrected chi connectivity index (χ4v) is 3.49. The SMILES string of the molecule is Cc1nc2ccccn2c1C(=O)N/N=C/c1cc(C)n(-c2ccccc2)c1C. The van der Waals surface area contributed by atoms with E-state index in [1.165, 1.54) is 0 Å². The Balaban J connectivity index is 1.57. The van der Waals surface area contributed by atoms with Gasteiger partial charge >= 0.3 is 0 Å². The number of nitrogens with one attached hydrogen (secondary N) is 1. The van der Waals surface area contributed by atoms with Crippen LogP contribution in [0, 0.1) is 20.8 Å². The summed E-state index contributed by atoms with van der Waals surface area (Å²) in [5.41, 5.74) is 8.74. The molecule has 3 aromatic heterocycles. The average Bonchev–Trinajstić information content (AvgIpc) is 3.17. The maximum absolute atomic E-state index is 12.6. The van der Waals surface area contributed by atoms with Gasteiger partial charge in [-0.1, -0.05) is 24.3 Å². The van der Waals surface area contributed by atoms with Crippen LogP contribution in [0.25, 0.3) is 11.3 Å². The molecule has 3 heterocycles. The number of para-hydroxylation sites is 1. The van der Waals surface area contributed by atoms with Crippen molar-refractivity contribution in [3.63, 3.8) is 0 Å². The number of benzene rings is 1. The van der Waals surface area contributed by atoms with Gasteiger partial charge < -0.3 is 4.57 Å². The summed E-state index contributed by atoms with van der Waals surface area (Å²) in [6.07, 6.45) is 3.50. The van der Waals surface area contributed by atoms with E-state index < -0.39 is 0 Å². The van der Waals surface area contributed by atoms with Crippen LogP contribution in [0.4, 0.5) is 0 Å². The van der Waals surface area contributed by atoms with Gasteiger partial charge in [-0.3, -0.25) is 9.20 Å². The summed E-state index contributed by atoms with van der Waals surface area (Å²) in [5, 5.41) is 4.18. The van der Waals surface area contributed by atoms with Gasteiger partial charge in [-0.15, -0.1) is 0 Å². The van der Waals surface area contributed by atoms with Crippen molar-refractivity contribution in [2.24, 2.45) is 5.10 Å². The number of hydrazone groups is 1. The first-order valence-corrected chi connectivity index (χ1v) is 9.07. The van der Waals surface area contributed by atoms with E-state index in [-0.39, 0.29) is 5.91 Å². The predicted octanol–water partition coefficient (Wildman–Crippen LogP) is 3.81. The van der Waals surface area contributed by atoms with Gasteiger partial charge in [0.1, 0.15) is 11.3 Å². The molecule has 0 spiro atoms. The second-order valence-corrected chi connectivity index (χ2v) is 6.67. The van der Waals surface area contributed by atoms with Crippen LogP contribution in [-0.4, -0.2) is 26.1 Å². The van der Waals surface area contributed by atoms with Crippen molar-refractivity contribution in [1.82, 2.24) is 19.4 Å². The van der Waals surface area contributed by atoms with Crippen LogP contribution >= 0.6 is 0 Å². The lowest BCUT2D eigenvalue weighted by atomic mass is 10.2. The molecule has 28 heavy (non-hydrogen) atoms. The molecule has 6 nitrogen and oxygen atoms in total. The molecular formula is C22H21N5O. The van der Waals surface area contributed by atoms with E-state index in [0.717, 1.165) is 28.3 Å². The Labute approximate surface area is 163 Å². The number of nitrogens with zero attached hydrogens (tertiary/aromatic N) is 4. The smallest absolute Gasteiger partial charge is 0.290 e. The lowest BCUT2D eigenvalue weighted by Gasteiger charge is -2.08. The quantitative estimate of drug-likeness (QED) is 0.438. The third-order valence-electron chi connectivity index (χ3n) is 4.77. The van der Waals surface area contributed by atoms with Crippen LogP contribution < -0.4 is 5.43 Å². The largest absolute Gasteiger partial charge is 0.318 e. The minimum Gasteiger partial charge on any atom is -0.318 e. The third-order valence-corrected chi connectivity index (χ3v) is 4.77. The number of carbonyl (C=O) groups is 1. The number of imidazole rings is 1. The van der Waals surface area contributed by atoms with E-state index >= 15 is 0 Å². The standard InChI is InChI=1S/C22H21N5O/c1-15-13-18(17(3)27(15)19-9-5-4-6-10-19)14-23-25-22(28)21-16(2)24-20-11-7-8-12-26(20)21/h4-14H,1-3H3,(H,25,28)/b23-14+. The van der Waals surface area contributed by atoms with Crippen molar-refractivity contribution in [3.8, 4) is 5.69 Å². The molecule has 1 aromatic carbocycles. The van der Waals surface area contributed by atoms with Crippen LogP contribution in [0.15, 0.2) is 65.9 Å². The van der Waals surface area contributed by atoms with Gasteiger partial charge in [0.05, 0.1) is 11.9 Å². The molecule has 0 unspecified atom stereocenters. The number of fused-ring (bicyclic) bond motifs is 1. The molecular weight excluding hydrogens is 350 g/mol. The van der Waals surface area contributed by atoms with Crippen molar-refractivity contribution in [3.05, 3.63) is 89.1 Å². The Morgan fingerprint density at radius 3 is 2.61 bits per heavy atom. The summed E-state index contributed by atoms with van der Waals surface area (Å²) < 4.78 is 3.93. The molecule has 0 fully saturated rings. The zero-order valence-electron chi connectivity index (χ0n) is 16.0. The molecule has 1 amide bonds. The first-order valence-electron chi connectivity index (χ1n) is 9.07. The van der Waals surface area contributed by atoms with E-state index in [1.54, 1.807) is 10.6 Å². The molecule has 0 bridgehead atoms. The minimum absolute atomic E-state index is 0.288. The fourth-order valence-electron chi connectivity index (χ4n) is 3.49. The molecule has 0 atom stereocenters. The second-order valence-electron chi connectivity index (χ2n) is 6.67. The fraction of sp³-hybridized carbons (Fsp3) is 0.136. The zero-order chi connectivity index (χ0) is 19.7. The maximum Gasteiger partial charge on any atom is 0.290 e. The highest BCUT2D eigenvalue weighted by Gasteiger charge is 2.15. The van der Waals surface area contributed by atoms with Crippen molar-refractivity contribution in [2.45, 2.75) is 20.8 Å². The van der Waals surface area contributed by atoms with Crippen molar-refractivity contribution >= 4 is 17.8 Å². The number of hydrogen-bond acceptors (Lipinski definition) is 3. The van der Waals surface area contributed by atoms with Crippen LogP contribution in [0.5, 0.6) is 0 Å². The highest BCUT2D eigenvalue weighted by Crippen LogP contribution is 2.19. The Morgan fingerprint density at radius 2 is 1.82 bits per heavy atom. The zero-order valence-corrected chi connectivity index (χ0v) is 16.0. The molecule has 0 aliphatic rings. The lowest BCUT2D eigenvalue weighted by molar-refractivity contribution is 0.0948. The molecule has 140 valence electrons. The van der Waals surface area contributed by atoms with Gasteiger partial charge in [0.15, 0.2) is 0 Å². The van der Waals surface area contributed by atoms with Gasteiger partial charge in [0, 0.05) is 28.8 Å². The van der Waals surface area contributed by atoms with Gasteiger partial charge in [0.25, 0.3) is 5.91 Å². The Morgan fingerprint density at radius 1 is 1.07 bits per heavy atom. The molecule has 0 saturated carbocycles. The number of aromatic nitrogens is 3. The Hall–Kier alpha value is -3.67. The van der Waals surface area contributed by atoms with Crippen LogP contribution in [0.1, 0.15) is 33.1 Å². The summed E-state index contributed by atoms with van der Waals surface area (Å²) in [4.78, 5) is 17.0. The van der Waals surface area contributed by atoms with Crippen molar-refractivity contribution in [2.75, 3.05) is 0 Å². The van der Waals surface area contributed by atoms with Gasteiger partial charge in [-0.2, -0.15) is 5.10 Å². The molecule has 0 aliphatic heterocycles. The maximum atomic E-state index is 12.6. The molecule has 0 aliphatic carbocycles. The van der Waals surface area contributed by atoms with E-state index in [1.807, 2.05) is 56.4 Å². The molecule has 0 saturated heterocycles. The van der Waals surface area contributed by atoms with Crippen LogP contribution in [-0.2, 0) is 0 Å². The third kappa shape index (κ3) is 3.09. The second kappa shape index (κ2) is 7.15. The molecule has 0 radical (unpaired) electrons. The number of pyridine rings is 1. The number of aryl methyl sites for hydroxylation is 2. The first-order chi connectivity index (χ1) is 13.6. The Kier molecular flexibility index (Phi) is 4.53. The highest BCUT2D eigenvalue weighted by molar-refractivity contribution is 5.95.